The summed E-state index contributed by atoms with van der Waals surface area (Å²) in [6.07, 6.45) is 16.8. The van der Waals surface area contributed by atoms with Crippen molar-refractivity contribution in [1.29, 1.82) is 0 Å². The highest BCUT2D eigenvalue weighted by molar-refractivity contribution is 6.04. The lowest BCUT2D eigenvalue weighted by molar-refractivity contribution is 0.0448. The molecule has 0 bridgehead atoms. The molecule has 4 heteroatoms. The molecule has 36 heavy (non-hydrogen) atoms. The van der Waals surface area contributed by atoms with Crippen molar-refractivity contribution in [3.63, 3.8) is 0 Å². The van der Waals surface area contributed by atoms with Crippen LogP contribution < -0.4 is 0 Å². The number of carbonyl (C=O) groups is 2. The smallest absolute Gasteiger partial charge is 0.339 e. The Morgan fingerprint density at radius 3 is 1.81 bits per heavy atom. The molecule has 1 aromatic rings. The quantitative estimate of drug-likeness (QED) is 0.158. The predicted octanol–water partition coefficient (Wildman–Crippen LogP) is 9.26. The molecule has 1 aliphatic carbocycles. The number of carbonyl (C=O) groups excluding carboxylic acids is 2. The lowest BCUT2D eigenvalue weighted by Crippen LogP contribution is -2.19. The molecule has 0 spiro atoms. The summed E-state index contributed by atoms with van der Waals surface area (Å²) >= 11 is 0. The van der Waals surface area contributed by atoms with Crippen LogP contribution in [0, 0.1) is 11.8 Å². The highest BCUT2D eigenvalue weighted by Gasteiger charge is 2.27. The number of unbranched alkanes of at least 4 members (excludes halogenated alkanes) is 6. The third-order valence-corrected chi connectivity index (χ3v) is 7.38. The van der Waals surface area contributed by atoms with Gasteiger partial charge in [-0.25, -0.2) is 9.59 Å². The third kappa shape index (κ3) is 11.5. The van der Waals surface area contributed by atoms with E-state index in [4.69, 9.17) is 9.47 Å². The molecule has 0 aromatic heterocycles. The van der Waals surface area contributed by atoms with Crippen LogP contribution in [0.15, 0.2) is 18.2 Å². The molecule has 0 heterocycles. The first-order valence-corrected chi connectivity index (χ1v) is 14.9. The average molecular weight is 501 g/mol. The molecule has 0 saturated heterocycles. The minimum absolute atomic E-state index is 0.311. The van der Waals surface area contributed by atoms with Gasteiger partial charge in [0.1, 0.15) is 0 Å². The normalized spacial score (nSPS) is 14.4. The molecule has 1 aromatic carbocycles. The van der Waals surface area contributed by atoms with Gasteiger partial charge >= 0.3 is 11.9 Å². The van der Waals surface area contributed by atoms with Gasteiger partial charge in [-0.15, -0.1) is 0 Å². The number of hydrogen-bond donors (Lipinski definition) is 0. The van der Waals surface area contributed by atoms with Crippen LogP contribution in [0.3, 0.4) is 0 Å². The number of esters is 2. The van der Waals surface area contributed by atoms with Crippen molar-refractivity contribution in [2.75, 3.05) is 13.2 Å². The molecule has 0 radical (unpaired) electrons. The van der Waals surface area contributed by atoms with Crippen LogP contribution in [0.5, 0.6) is 0 Å². The van der Waals surface area contributed by atoms with Gasteiger partial charge in [0, 0.05) is 0 Å². The first-order chi connectivity index (χ1) is 17.4. The molecular weight excluding hydrogens is 448 g/mol. The number of ether oxygens (including phenoxy) is 2. The highest BCUT2D eigenvalue weighted by Crippen LogP contribution is 2.36. The molecule has 0 aliphatic heterocycles. The van der Waals surface area contributed by atoms with Gasteiger partial charge in [0.15, 0.2) is 0 Å². The SMILES string of the molecule is CC(C)CCCCCCOC(=O)c1cccc(C2CCCCC2)c1C(=O)OCCCCCCC(C)C. The van der Waals surface area contributed by atoms with E-state index in [-0.39, 0.29) is 5.97 Å². The Morgan fingerprint density at radius 2 is 1.25 bits per heavy atom. The van der Waals surface area contributed by atoms with Crippen LogP contribution in [0.25, 0.3) is 0 Å². The Balaban J connectivity index is 1.96. The molecule has 2 rings (SSSR count). The lowest BCUT2D eigenvalue weighted by Gasteiger charge is -2.25. The monoisotopic (exact) mass is 500 g/mol. The summed E-state index contributed by atoms with van der Waals surface area (Å²) in [4.78, 5) is 26.3. The second kappa shape index (κ2) is 17.6. The minimum atomic E-state index is -0.393. The first-order valence-electron chi connectivity index (χ1n) is 14.9. The van der Waals surface area contributed by atoms with Crippen molar-refractivity contribution >= 4 is 11.9 Å². The molecule has 1 saturated carbocycles. The van der Waals surface area contributed by atoms with Crippen LogP contribution in [0.2, 0.25) is 0 Å². The molecule has 4 nitrogen and oxygen atoms in total. The zero-order valence-electron chi connectivity index (χ0n) is 23.6. The van der Waals surface area contributed by atoms with Crippen molar-refractivity contribution in [2.24, 2.45) is 11.8 Å². The Labute approximate surface area is 220 Å². The van der Waals surface area contributed by atoms with E-state index in [2.05, 4.69) is 27.7 Å². The first kappa shape index (κ1) is 30.4. The van der Waals surface area contributed by atoms with Gasteiger partial charge in [-0.05, 0) is 55.1 Å². The number of hydrogen-bond acceptors (Lipinski definition) is 4. The Kier molecular flexibility index (Phi) is 14.8. The van der Waals surface area contributed by atoms with E-state index in [0.29, 0.717) is 30.3 Å². The summed E-state index contributed by atoms with van der Waals surface area (Å²) in [5.74, 6) is 1.03. The maximum atomic E-state index is 13.3. The third-order valence-electron chi connectivity index (χ3n) is 7.38. The van der Waals surface area contributed by atoms with Gasteiger partial charge in [0.2, 0.25) is 0 Å². The van der Waals surface area contributed by atoms with Crippen LogP contribution in [-0.4, -0.2) is 25.2 Å². The van der Waals surface area contributed by atoms with Gasteiger partial charge < -0.3 is 9.47 Å². The average Bonchev–Trinajstić information content (AvgIpc) is 2.87. The van der Waals surface area contributed by atoms with Crippen LogP contribution in [0.1, 0.15) is 156 Å². The van der Waals surface area contributed by atoms with E-state index >= 15 is 0 Å². The number of benzene rings is 1. The molecule has 0 unspecified atom stereocenters. The fourth-order valence-electron chi connectivity index (χ4n) is 5.22. The maximum absolute atomic E-state index is 13.3. The Hall–Kier alpha value is -1.84. The topological polar surface area (TPSA) is 52.6 Å². The summed E-state index contributed by atoms with van der Waals surface area (Å²) < 4.78 is 11.4. The summed E-state index contributed by atoms with van der Waals surface area (Å²) in [5, 5.41) is 0. The largest absolute Gasteiger partial charge is 0.462 e. The minimum Gasteiger partial charge on any atom is -0.462 e. The van der Waals surface area contributed by atoms with E-state index in [1.807, 2.05) is 12.1 Å². The number of rotatable bonds is 17. The van der Waals surface area contributed by atoms with Crippen molar-refractivity contribution < 1.29 is 19.1 Å². The van der Waals surface area contributed by atoms with Crippen molar-refractivity contribution in [3.05, 3.63) is 34.9 Å². The van der Waals surface area contributed by atoms with Gasteiger partial charge in [0.25, 0.3) is 0 Å². The van der Waals surface area contributed by atoms with E-state index < -0.39 is 5.97 Å². The van der Waals surface area contributed by atoms with Crippen LogP contribution in [-0.2, 0) is 9.47 Å². The zero-order chi connectivity index (χ0) is 26.2. The van der Waals surface area contributed by atoms with Crippen LogP contribution in [0.4, 0.5) is 0 Å². The van der Waals surface area contributed by atoms with E-state index in [0.717, 1.165) is 55.9 Å². The maximum Gasteiger partial charge on any atom is 0.339 e. The summed E-state index contributed by atoms with van der Waals surface area (Å²) in [6.45, 7) is 9.81. The Morgan fingerprint density at radius 1 is 0.722 bits per heavy atom. The molecule has 0 amide bonds. The van der Waals surface area contributed by atoms with Gasteiger partial charge in [-0.1, -0.05) is 110 Å². The van der Waals surface area contributed by atoms with Crippen molar-refractivity contribution in [3.8, 4) is 0 Å². The zero-order valence-corrected chi connectivity index (χ0v) is 23.6. The summed E-state index contributed by atoms with van der Waals surface area (Å²) in [5.41, 5.74) is 1.80. The van der Waals surface area contributed by atoms with Gasteiger partial charge in [-0.2, -0.15) is 0 Å². The second-order valence-electron chi connectivity index (χ2n) is 11.6. The lowest BCUT2D eigenvalue weighted by atomic mass is 9.81. The summed E-state index contributed by atoms with van der Waals surface area (Å²) in [7, 11) is 0. The van der Waals surface area contributed by atoms with Crippen LogP contribution >= 0.6 is 0 Å². The highest BCUT2D eigenvalue weighted by atomic mass is 16.5. The molecule has 204 valence electrons. The molecule has 1 aliphatic rings. The standard InChI is InChI=1S/C32H52O4/c1-25(2)17-10-5-7-14-23-35-31(33)29-22-16-21-28(27-19-12-9-13-20-27)30(29)32(34)36-24-15-8-6-11-18-26(3)4/h16,21-22,25-27H,5-15,17-20,23-24H2,1-4H3. The van der Waals surface area contributed by atoms with Crippen molar-refractivity contribution in [1.82, 2.24) is 0 Å². The molecule has 1 fully saturated rings. The van der Waals surface area contributed by atoms with E-state index in [9.17, 15) is 9.59 Å². The Bertz CT molecular complexity index is 761. The fourth-order valence-corrected chi connectivity index (χ4v) is 5.22. The molecule has 0 atom stereocenters. The van der Waals surface area contributed by atoms with Gasteiger partial charge in [0.05, 0.1) is 24.3 Å². The summed E-state index contributed by atoms with van der Waals surface area (Å²) in [6, 6.07) is 5.65. The molecular formula is C32H52O4. The van der Waals surface area contributed by atoms with E-state index in [1.54, 1.807) is 6.07 Å². The fraction of sp³-hybridized carbons (Fsp3) is 0.750. The predicted molar refractivity (Wildman–Crippen MR) is 149 cm³/mol. The van der Waals surface area contributed by atoms with Crippen molar-refractivity contribution in [2.45, 2.75) is 130 Å². The molecule has 0 N–H and O–H groups in total. The van der Waals surface area contributed by atoms with Gasteiger partial charge in [-0.3, -0.25) is 0 Å². The van der Waals surface area contributed by atoms with E-state index in [1.165, 1.54) is 57.8 Å². The second-order valence-corrected chi connectivity index (χ2v) is 11.6.